The number of benzene rings is 1. The average Bonchev–Trinajstić information content (AvgIpc) is 3.36. The van der Waals surface area contributed by atoms with Crippen LogP contribution < -0.4 is 0 Å². The maximum atomic E-state index is 14.3. The summed E-state index contributed by atoms with van der Waals surface area (Å²) in [6.07, 6.45) is 0. The molecular weight excluding hydrogens is 526 g/mol. The van der Waals surface area contributed by atoms with Crippen LogP contribution in [0.3, 0.4) is 0 Å². The molecule has 0 saturated carbocycles. The molecule has 0 radical (unpaired) electrons. The Labute approximate surface area is 220 Å². The topological polar surface area (TPSA) is 69.9 Å². The third-order valence-corrected chi connectivity index (χ3v) is 7.78. The van der Waals surface area contributed by atoms with Crippen LogP contribution in [0.1, 0.15) is 41.4 Å². The number of pyridine rings is 1. The monoisotopic (exact) mass is 548 g/mol. The molecule has 3 heterocycles. The Morgan fingerprint density at radius 1 is 1.06 bits per heavy atom. The Kier molecular flexibility index (Phi) is 7.49. The summed E-state index contributed by atoms with van der Waals surface area (Å²) in [4.78, 5) is 22.1. The van der Waals surface area contributed by atoms with E-state index in [-0.39, 0.29) is 16.5 Å². The fraction of sp³-hybridized carbons (Fsp3) is 0.280. The predicted octanol–water partition coefficient (Wildman–Crippen LogP) is 7.20. The van der Waals surface area contributed by atoms with E-state index in [1.165, 1.54) is 34.9 Å². The van der Waals surface area contributed by atoms with Gasteiger partial charge in [0.25, 0.3) is 0 Å². The summed E-state index contributed by atoms with van der Waals surface area (Å²) in [6.45, 7) is 9.55. The Balaban J connectivity index is 1.97. The van der Waals surface area contributed by atoms with Gasteiger partial charge in [0.15, 0.2) is 5.69 Å². The average molecular weight is 549 g/mol. The van der Waals surface area contributed by atoms with Crippen molar-refractivity contribution in [2.24, 2.45) is 0 Å². The van der Waals surface area contributed by atoms with Crippen molar-refractivity contribution in [3.63, 3.8) is 0 Å². The first-order chi connectivity index (χ1) is 17.0. The molecule has 0 amide bonds. The van der Waals surface area contributed by atoms with Gasteiger partial charge in [-0.2, -0.15) is 9.78 Å². The van der Waals surface area contributed by atoms with Crippen LogP contribution in [0.25, 0.3) is 27.5 Å². The van der Waals surface area contributed by atoms with E-state index < -0.39 is 22.6 Å². The highest BCUT2D eigenvalue weighted by molar-refractivity contribution is 8.01. The van der Waals surface area contributed by atoms with Crippen molar-refractivity contribution >= 4 is 40.7 Å². The third kappa shape index (κ3) is 5.02. The normalized spacial score (nSPS) is 11.4. The number of carbonyl (C=O) groups excluding carboxylic acids is 1. The fourth-order valence-electron chi connectivity index (χ4n) is 3.83. The lowest BCUT2D eigenvalue weighted by Gasteiger charge is -2.08. The van der Waals surface area contributed by atoms with Gasteiger partial charge in [0.05, 0.1) is 22.7 Å². The highest BCUT2D eigenvalue weighted by Gasteiger charge is 2.28. The molecule has 36 heavy (non-hydrogen) atoms. The minimum absolute atomic E-state index is 0.164. The quantitative estimate of drug-likeness (QED) is 0.144. The zero-order valence-corrected chi connectivity index (χ0v) is 22.8. The summed E-state index contributed by atoms with van der Waals surface area (Å²) in [7, 11) is 1.30. The summed E-state index contributed by atoms with van der Waals surface area (Å²) >= 11 is 8.46. The van der Waals surface area contributed by atoms with Gasteiger partial charge in [0.1, 0.15) is 16.7 Å². The zero-order chi connectivity index (χ0) is 26.3. The van der Waals surface area contributed by atoms with Crippen LogP contribution in [-0.2, 0) is 4.74 Å². The minimum Gasteiger partial charge on any atom is -0.464 e. The lowest BCUT2D eigenvalue weighted by Crippen LogP contribution is -2.11. The van der Waals surface area contributed by atoms with E-state index in [2.05, 4.69) is 15.1 Å². The van der Waals surface area contributed by atoms with Gasteiger partial charge in [-0.15, -0.1) is 11.8 Å². The molecule has 0 bridgehead atoms. The van der Waals surface area contributed by atoms with Crippen LogP contribution in [0, 0.1) is 32.4 Å². The number of thiazole rings is 1. The number of carbonyl (C=O) groups is 1. The number of aromatic nitrogens is 4. The highest BCUT2D eigenvalue weighted by Crippen LogP contribution is 2.42. The molecule has 4 rings (SSSR count). The van der Waals surface area contributed by atoms with E-state index in [1.54, 1.807) is 6.92 Å². The van der Waals surface area contributed by atoms with Crippen LogP contribution in [0.5, 0.6) is 0 Å². The molecule has 3 aromatic heterocycles. The van der Waals surface area contributed by atoms with Gasteiger partial charge in [-0.25, -0.2) is 18.6 Å². The van der Waals surface area contributed by atoms with E-state index in [0.29, 0.717) is 22.1 Å². The lowest BCUT2D eigenvalue weighted by molar-refractivity contribution is 0.0591. The van der Waals surface area contributed by atoms with Crippen molar-refractivity contribution < 1.29 is 18.3 Å². The van der Waals surface area contributed by atoms with Crippen molar-refractivity contribution in [3.8, 4) is 27.5 Å². The summed E-state index contributed by atoms with van der Waals surface area (Å²) in [5.74, 6) is -2.34. The standard InChI is InChI=1S/C25H23ClF2N4O2S2/c1-11(2)35-24-21(16-9-17(27)20(26)18(28)10-16)30-25(36-24)32-22(23(33)34-6)19(14(5)31-32)15-7-12(3)29-13(4)8-15/h7-11H,1-6H3. The largest absolute Gasteiger partial charge is 0.464 e. The van der Waals surface area contributed by atoms with E-state index in [1.807, 2.05) is 39.8 Å². The summed E-state index contributed by atoms with van der Waals surface area (Å²) in [5, 5.41) is 4.58. The summed E-state index contributed by atoms with van der Waals surface area (Å²) in [5.41, 5.74) is 4.40. The number of esters is 1. The second-order valence-corrected chi connectivity index (χ2v) is 11.6. The van der Waals surface area contributed by atoms with Gasteiger partial charge in [0, 0.05) is 27.8 Å². The number of hydrogen-bond donors (Lipinski definition) is 0. The molecule has 0 atom stereocenters. The molecule has 11 heteroatoms. The first-order valence-electron chi connectivity index (χ1n) is 11.0. The molecule has 0 aliphatic heterocycles. The molecule has 0 N–H and O–H groups in total. The van der Waals surface area contributed by atoms with Crippen LogP contribution in [0.4, 0.5) is 8.78 Å². The second-order valence-electron chi connectivity index (χ2n) is 8.40. The Bertz CT molecular complexity index is 1440. The third-order valence-electron chi connectivity index (χ3n) is 5.18. The number of aryl methyl sites for hydroxylation is 3. The molecule has 188 valence electrons. The molecule has 0 aliphatic rings. The van der Waals surface area contributed by atoms with Gasteiger partial charge in [0.2, 0.25) is 5.13 Å². The van der Waals surface area contributed by atoms with Gasteiger partial charge in [-0.3, -0.25) is 4.98 Å². The van der Waals surface area contributed by atoms with Crippen molar-refractivity contribution in [2.45, 2.75) is 44.1 Å². The second kappa shape index (κ2) is 10.3. The zero-order valence-electron chi connectivity index (χ0n) is 20.4. The molecule has 4 aromatic rings. The fourth-order valence-corrected chi connectivity index (χ4v) is 6.42. The number of hydrogen-bond acceptors (Lipinski definition) is 7. The van der Waals surface area contributed by atoms with Crippen LogP contribution in [0.15, 0.2) is 28.5 Å². The summed E-state index contributed by atoms with van der Waals surface area (Å²) in [6, 6.07) is 6.05. The highest BCUT2D eigenvalue weighted by atomic mass is 35.5. The number of rotatable bonds is 6. The number of halogens is 3. The smallest absolute Gasteiger partial charge is 0.357 e. The first kappa shape index (κ1) is 26.2. The van der Waals surface area contributed by atoms with E-state index >= 15 is 0 Å². The number of thioether (sulfide) groups is 1. The Hall–Kier alpha value is -2.82. The van der Waals surface area contributed by atoms with Crippen molar-refractivity contribution in [1.29, 1.82) is 0 Å². The van der Waals surface area contributed by atoms with Gasteiger partial charge >= 0.3 is 5.97 Å². The van der Waals surface area contributed by atoms with Crippen molar-refractivity contribution in [1.82, 2.24) is 19.7 Å². The number of nitrogens with zero attached hydrogens (tertiary/aromatic N) is 4. The molecule has 1 aromatic carbocycles. The van der Waals surface area contributed by atoms with Crippen molar-refractivity contribution in [2.75, 3.05) is 7.11 Å². The van der Waals surface area contributed by atoms with Crippen molar-refractivity contribution in [3.05, 3.63) is 63.7 Å². The molecule has 0 fully saturated rings. The molecule has 0 saturated heterocycles. The molecule has 0 aliphatic carbocycles. The van der Waals surface area contributed by atoms with E-state index in [4.69, 9.17) is 16.3 Å². The van der Waals surface area contributed by atoms with Gasteiger partial charge < -0.3 is 4.74 Å². The number of ether oxygens (including phenoxy) is 1. The maximum absolute atomic E-state index is 14.3. The van der Waals surface area contributed by atoms with Gasteiger partial charge in [-0.05, 0) is 50.6 Å². The van der Waals surface area contributed by atoms with Gasteiger partial charge in [-0.1, -0.05) is 36.8 Å². The minimum atomic E-state index is -0.877. The molecule has 0 spiro atoms. The van der Waals surface area contributed by atoms with E-state index in [9.17, 15) is 13.6 Å². The predicted molar refractivity (Wildman–Crippen MR) is 139 cm³/mol. The lowest BCUT2D eigenvalue weighted by atomic mass is 10.0. The number of methoxy groups -OCH3 is 1. The molecular formula is C25H23ClF2N4O2S2. The Morgan fingerprint density at radius 3 is 2.22 bits per heavy atom. The summed E-state index contributed by atoms with van der Waals surface area (Å²) < 4.78 is 35.8. The van der Waals surface area contributed by atoms with E-state index in [0.717, 1.165) is 33.3 Å². The molecule has 0 unspecified atom stereocenters. The van der Waals surface area contributed by atoms with Crippen LogP contribution in [0.2, 0.25) is 5.02 Å². The molecule has 6 nitrogen and oxygen atoms in total. The van der Waals surface area contributed by atoms with Crippen LogP contribution >= 0.6 is 34.7 Å². The Morgan fingerprint density at radius 2 is 1.67 bits per heavy atom. The van der Waals surface area contributed by atoms with Crippen LogP contribution in [-0.4, -0.2) is 38.1 Å². The first-order valence-corrected chi connectivity index (χ1v) is 13.0. The maximum Gasteiger partial charge on any atom is 0.357 e. The SMILES string of the molecule is COC(=O)c1c(-c2cc(C)nc(C)c2)c(C)nn1-c1nc(-c2cc(F)c(Cl)c(F)c2)c(SC(C)C)s1.